The molecule has 1 fully saturated rings. The molecule has 0 spiro atoms. The minimum Gasteiger partial charge on any atom is -0.330 e. The Morgan fingerprint density at radius 3 is 2.80 bits per heavy atom. The van der Waals surface area contributed by atoms with Gasteiger partial charge in [0.15, 0.2) is 0 Å². The van der Waals surface area contributed by atoms with Crippen LogP contribution in [0.1, 0.15) is 51.9 Å². The summed E-state index contributed by atoms with van der Waals surface area (Å²) in [5.74, 6) is 0.0194. The molecule has 128 valence electrons. The molecule has 1 atom stereocenters. The molecule has 3 aromatic rings. The van der Waals surface area contributed by atoms with Crippen molar-refractivity contribution in [3.63, 3.8) is 0 Å². The second-order valence-corrected chi connectivity index (χ2v) is 6.72. The Labute approximate surface area is 145 Å². The maximum atomic E-state index is 13.4. The van der Waals surface area contributed by atoms with E-state index in [1.54, 1.807) is 0 Å². The van der Waals surface area contributed by atoms with Gasteiger partial charge in [0.2, 0.25) is 0 Å². The number of hydrogen-bond acceptors (Lipinski definition) is 5. The summed E-state index contributed by atoms with van der Waals surface area (Å²) in [5, 5.41) is 8.79. The van der Waals surface area contributed by atoms with Gasteiger partial charge in [0.05, 0.1) is 17.1 Å². The van der Waals surface area contributed by atoms with Crippen molar-refractivity contribution in [1.29, 1.82) is 0 Å². The van der Waals surface area contributed by atoms with Crippen LogP contribution in [-0.2, 0) is 0 Å². The molecule has 0 saturated carbocycles. The average molecular weight is 336 g/mol. The molecule has 1 aromatic carbocycles. The van der Waals surface area contributed by atoms with Crippen molar-refractivity contribution in [2.24, 2.45) is 0 Å². The molecule has 6 heteroatoms. The highest BCUT2D eigenvalue weighted by molar-refractivity contribution is 6.06. The standard InChI is InChI=1S/C19H20N4O2/c1-11-6-7-16-14(9-11)15(10-12(2)20-16)19(24)23-8-4-5-17(23)18-13(3)21-25-22-18/h6-7,9-10,17H,4-5,8H2,1-3H3/t17-/m1/s1. The molecule has 0 bridgehead atoms. The third-order valence-corrected chi connectivity index (χ3v) is 4.84. The predicted octanol–water partition coefficient (Wildman–Crippen LogP) is 3.52. The second kappa shape index (κ2) is 5.95. The van der Waals surface area contributed by atoms with Gasteiger partial charge in [0, 0.05) is 17.6 Å². The molecule has 1 saturated heterocycles. The van der Waals surface area contributed by atoms with Gasteiger partial charge in [0.1, 0.15) is 11.4 Å². The minimum atomic E-state index is -0.0768. The molecular formula is C19H20N4O2. The van der Waals surface area contributed by atoms with E-state index in [-0.39, 0.29) is 11.9 Å². The normalized spacial score (nSPS) is 17.4. The van der Waals surface area contributed by atoms with Crippen molar-refractivity contribution in [1.82, 2.24) is 20.2 Å². The lowest BCUT2D eigenvalue weighted by Crippen LogP contribution is -2.31. The summed E-state index contributed by atoms with van der Waals surface area (Å²) in [6.07, 6.45) is 1.82. The summed E-state index contributed by atoms with van der Waals surface area (Å²) in [5.41, 5.74) is 5.01. The summed E-state index contributed by atoms with van der Waals surface area (Å²) in [6.45, 7) is 6.52. The number of aromatic nitrogens is 3. The Bertz CT molecular complexity index is 963. The lowest BCUT2D eigenvalue weighted by Gasteiger charge is -2.24. The zero-order valence-electron chi connectivity index (χ0n) is 14.6. The van der Waals surface area contributed by atoms with Crippen LogP contribution in [0.4, 0.5) is 0 Å². The van der Waals surface area contributed by atoms with E-state index in [1.807, 2.05) is 49.9 Å². The number of nitrogens with zero attached hydrogens (tertiary/aromatic N) is 4. The molecule has 0 N–H and O–H groups in total. The second-order valence-electron chi connectivity index (χ2n) is 6.72. The van der Waals surface area contributed by atoms with Crippen LogP contribution < -0.4 is 0 Å². The first-order valence-corrected chi connectivity index (χ1v) is 8.52. The molecule has 3 heterocycles. The molecule has 0 radical (unpaired) electrons. The Kier molecular flexibility index (Phi) is 3.75. The van der Waals surface area contributed by atoms with Crippen molar-refractivity contribution in [3.8, 4) is 0 Å². The van der Waals surface area contributed by atoms with E-state index in [0.717, 1.165) is 46.4 Å². The van der Waals surface area contributed by atoms with Gasteiger partial charge in [-0.3, -0.25) is 9.78 Å². The lowest BCUT2D eigenvalue weighted by atomic mass is 10.0. The zero-order chi connectivity index (χ0) is 17.6. The Morgan fingerprint density at radius 1 is 1.20 bits per heavy atom. The number of hydrogen-bond donors (Lipinski definition) is 0. The number of benzene rings is 1. The molecule has 25 heavy (non-hydrogen) atoms. The van der Waals surface area contributed by atoms with Gasteiger partial charge in [-0.2, -0.15) is 0 Å². The molecule has 0 aliphatic carbocycles. The van der Waals surface area contributed by atoms with Crippen LogP contribution in [0, 0.1) is 20.8 Å². The molecule has 1 aliphatic rings. The molecule has 0 unspecified atom stereocenters. The number of carbonyl (C=O) groups is 1. The van der Waals surface area contributed by atoms with Gasteiger partial charge in [-0.1, -0.05) is 21.9 Å². The zero-order valence-corrected chi connectivity index (χ0v) is 14.6. The number of carbonyl (C=O) groups excluding carboxylic acids is 1. The first-order chi connectivity index (χ1) is 12.0. The van der Waals surface area contributed by atoms with Gasteiger partial charge < -0.3 is 4.90 Å². The third kappa shape index (κ3) is 2.67. The Balaban J connectivity index is 1.79. The first kappa shape index (κ1) is 15.7. The summed E-state index contributed by atoms with van der Waals surface area (Å²) < 4.78 is 4.85. The quantitative estimate of drug-likeness (QED) is 0.716. The molecule has 1 aliphatic heterocycles. The smallest absolute Gasteiger partial charge is 0.255 e. The van der Waals surface area contributed by atoms with E-state index in [2.05, 4.69) is 15.3 Å². The minimum absolute atomic E-state index is 0.0194. The SMILES string of the molecule is Cc1ccc2nc(C)cc(C(=O)N3CCC[C@@H]3c3nonc3C)c2c1. The Hall–Kier alpha value is -2.76. The number of pyridine rings is 1. The van der Waals surface area contributed by atoms with Crippen molar-refractivity contribution in [2.75, 3.05) is 6.54 Å². The maximum absolute atomic E-state index is 13.4. The van der Waals surface area contributed by atoms with E-state index in [9.17, 15) is 4.79 Å². The number of amides is 1. The number of rotatable bonds is 2. The molecule has 6 nitrogen and oxygen atoms in total. The van der Waals surface area contributed by atoms with Gasteiger partial charge in [0.25, 0.3) is 5.91 Å². The van der Waals surface area contributed by atoms with Crippen molar-refractivity contribution in [2.45, 2.75) is 39.7 Å². The summed E-state index contributed by atoms with van der Waals surface area (Å²) >= 11 is 0. The highest BCUT2D eigenvalue weighted by Gasteiger charge is 2.34. The van der Waals surface area contributed by atoms with Crippen LogP contribution in [0.2, 0.25) is 0 Å². The van der Waals surface area contributed by atoms with Crippen LogP contribution in [0.25, 0.3) is 10.9 Å². The van der Waals surface area contributed by atoms with Crippen molar-refractivity contribution in [3.05, 3.63) is 52.5 Å². The van der Waals surface area contributed by atoms with E-state index in [1.165, 1.54) is 0 Å². The molecular weight excluding hydrogens is 316 g/mol. The van der Waals surface area contributed by atoms with Gasteiger partial charge >= 0.3 is 0 Å². The monoisotopic (exact) mass is 336 g/mol. The summed E-state index contributed by atoms with van der Waals surface area (Å²) in [4.78, 5) is 19.8. The van der Waals surface area contributed by atoms with Gasteiger partial charge in [-0.05, 0) is 51.8 Å². The summed E-state index contributed by atoms with van der Waals surface area (Å²) in [7, 11) is 0. The molecule has 2 aromatic heterocycles. The summed E-state index contributed by atoms with van der Waals surface area (Å²) in [6, 6.07) is 7.83. The number of aryl methyl sites for hydroxylation is 3. The Morgan fingerprint density at radius 2 is 2.04 bits per heavy atom. The van der Waals surface area contributed by atoms with Gasteiger partial charge in [-0.15, -0.1) is 0 Å². The molecule has 1 amide bonds. The highest BCUT2D eigenvalue weighted by Crippen LogP contribution is 2.34. The van der Waals surface area contributed by atoms with Crippen LogP contribution in [0.3, 0.4) is 0 Å². The van der Waals surface area contributed by atoms with Crippen molar-refractivity contribution >= 4 is 16.8 Å². The number of likely N-dealkylation sites (tertiary alicyclic amines) is 1. The first-order valence-electron chi connectivity index (χ1n) is 8.52. The fourth-order valence-corrected chi connectivity index (χ4v) is 3.64. The molecule has 4 rings (SSSR count). The number of fused-ring (bicyclic) bond motifs is 1. The largest absolute Gasteiger partial charge is 0.330 e. The fourth-order valence-electron chi connectivity index (χ4n) is 3.64. The van der Waals surface area contributed by atoms with Crippen LogP contribution in [0.5, 0.6) is 0 Å². The van der Waals surface area contributed by atoms with Crippen LogP contribution in [0.15, 0.2) is 28.9 Å². The lowest BCUT2D eigenvalue weighted by molar-refractivity contribution is 0.0732. The van der Waals surface area contributed by atoms with E-state index >= 15 is 0 Å². The van der Waals surface area contributed by atoms with Crippen molar-refractivity contribution < 1.29 is 9.42 Å². The maximum Gasteiger partial charge on any atom is 0.255 e. The van der Waals surface area contributed by atoms with E-state index in [0.29, 0.717) is 12.1 Å². The third-order valence-electron chi connectivity index (χ3n) is 4.84. The topological polar surface area (TPSA) is 72.1 Å². The van der Waals surface area contributed by atoms with E-state index < -0.39 is 0 Å². The van der Waals surface area contributed by atoms with E-state index in [4.69, 9.17) is 4.63 Å². The predicted molar refractivity (Wildman–Crippen MR) is 93.3 cm³/mol. The highest BCUT2D eigenvalue weighted by atomic mass is 16.6. The average Bonchev–Trinajstić information content (AvgIpc) is 3.22. The van der Waals surface area contributed by atoms with Crippen LogP contribution >= 0.6 is 0 Å². The fraction of sp³-hybridized carbons (Fsp3) is 0.368. The van der Waals surface area contributed by atoms with Gasteiger partial charge in [-0.25, -0.2) is 4.63 Å². The van der Waals surface area contributed by atoms with Crippen LogP contribution in [-0.4, -0.2) is 32.6 Å².